The maximum absolute atomic E-state index is 11.7. The number of nitrogens with zero attached hydrogens (tertiary/aromatic N) is 1. The predicted octanol–water partition coefficient (Wildman–Crippen LogP) is -0.994. The van der Waals surface area contributed by atoms with Gasteiger partial charge in [-0.1, -0.05) is 0 Å². The number of carboxylic acids is 2. The molecule has 9 nitrogen and oxygen atoms in total. The van der Waals surface area contributed by atoms with Crippen molar-refractivity contribution in [2.45, 2.75) is 23.9 Å². The van der Waals surface area contributed by atoms with Crippen LogP contribution in [0, 0.1) is 0 Å². The van der Waals surface area contributed by atoms with E-state index >= 15 is 0 Å². The quantitative estimate of drug-likeness (QED) is 0.499. The fraction of sp³-hybridized carbons (Fsp3) is 0.375. The van der Waals surface area contributed by atoms with Crippen molar-refractivity contribution < 1.29 is 28.2 Å². The zero-order valence-corrected chi connectivity index (χ0v) is 9.85. The van der Waals surface area contributed by atoms with Gasteiger partial charge >= 0.3 is 11.9 Å². The van der Waals surface area contributed by atoms with Crippen LogP contribution in [0.5, 0.6) is 0 Å². The minimum absolute atomic E-state index is 0.288. The van der Waals surface area contributed by atoms with Gasteiger partial charge in [0.25, 0.3) is 10.0 Å². The molecule has 0 unspecified atom stereocenters. The normalized spacial score (nSPS) is 13.1. The Morgan fingerprint density at radius 2 is 2.11 bits per heavy atom. The van der Waals surface area contributed by atoms with E-state index in [1.807, 2.05) is 4.72 Å². The highest BCUT2D eigenvalue weighted by Crippen LogP contribution is 2.07. The molecule has 0 saturated carbocycles. The molecule has 0 saturated heterocycles. The highest BCUT2D eigenvalue weighted by Gasteiger charge is 2.26. The lowest BCUT2D eigenvalue weighted by atomic mass is 10.2. The summed E-state index contributed by atoms with van der Waals surface area (Å²) in [6, 6.07) is -0.354. The maximum atomic E-state index is 11.7. The van der Waals surface area contributed by atoms with Gasteiger partial charge in [0.2, 0.25) is 0 Å². The molecular weight excluding hydrogens is 266 g/mol. The van der Waals surface area contributed by atoms with Crippen molar-refractivity contribution in [2.24, 2.45) is 0 Å². The summed E-state index contributed by atoms with van der Waals surface area (Å²) in [4.78, 5) is 21.1. The molecule has 0 amide bonds. The van der Waals surface area contributed by atoms with Crippen molar-refractivity contribution in [1.29, 1.82) is 0 Å². The lowest BCUT2D eigenvalue weighted by Gasteiger charge is -2.12. The highest BCUT2D eigenvalue weighted by atomic mass is 32.2. The van der Waals surface area contributed by atoms with Gasteiger partial charge in [-0.25, -0.2) is 8.42 Å². The van der Waals surface area contributed by atoms with E-state index in [1.165, 1.54) is 6.20 Å². The van der Waals surface area contributed by atoms with Gasteiger partial charge in [-0.2, -0.15) is 9.82 Å². The third-order valence-corrected chi connectivity index (χ3v) is 3.41. The van der Waals surface area contributed by atoms with Gasteiger partial charge in [-0.05, 0) is 12.5 Å². The van der Waals surface area contributed by atoms with E-state index in [0.29, 0.717) is 0 Å². The predicted molar refractivity (Wildman–Crippen MR) is 57.2 cm³/mol. The summed E-state index contributed by atoms with van der Waals surface area (Å²) in [5, 5.41) is 22.6. The molecule has 0 bridgehead atoms. The molecule has 0 spiro atoms. The number of hydrogen-bond acceptors (Lipinski definition) is 5. The lowest BCUT2D eigenvalue weighted by molar-refractivity contribution is -0.140. The molecule has 0 aliphatic heterocycles. The Hall–Kier alpha value is -1.94. The first-order valence-electron chi connectivity index (χ1n) is 4.79. The third-order valence-electron chi connectivity index (χ3n) is 2.01. The molecule has 0 aliphatic rings. The van der Waals surface area contributed by atoms with Crippen molar-refractivity contribution in [3.8, 4) is 0 Å². The number of aromatic amines is 1. The molecule has 1 rings (SSSR count). The van der Waals surface area contributed by atoms with Crippen LogP contribution >= 0.6 is 0 Å². The lowest BCUT2D eigenvalue weighted by Crippen LogP contribution is -2.41. The molecule has 0 aliphatic carbocycles. The van der Waals surface area contributed by atoms with Gasteiger partial charge in [-0.3, -0.25) is 14.7 Å². The minimum atomic E-state index is -4.05. The summed E-state index contributed by atoms with van der Waals surface area (Å²) < 4.78 is 25.2. The van der Waals surface area contributed by atoms with Crippen LogP contribution in [0.1, 0.15) is 12.8 Å². The molecule has 10 heteroatoms. The van der Waals surface area contributed by atoms with Gasteiger partial charge in [-0.15, -0.1) is 0 Å². The summed E-state index contributed by atoms with van der Waals surface area (Å²) in [6.07, 6.45) is 0.391. The summed E-state index contributed by atoms with van der Waals surface area (Å²) in [5.41, 5.74) is 0. The number of carboxylic acid groups (broad SMARTS) is 2. The molecule has 0 radical (unpaired) electrons. The van der Waals surface area contributed by atoms with E-state index in [9.17, 15) is 18.0 Å². The summed E-state index contributed by atoms with van der Waals surface area (Å²) in [7, 11) is -4.05. The first kappa shape index (κ1) is 14.1. The van der Waals surface area contributed by atoms with Gasteiger partial charge < -0.3 is 10.2 Å². The van der Waals surface area contributed by atoms with Gasteiger partial charge in [0, 0.05) is 6.42 Å². The van der Waals surface area contributed by atoms with Crippen LogP contribution in [0.3, 0.4) is 0 Å². The Morgan fingerprint density at radius 3 is 2.56 bits per heavy atom. The van der Waals surface area contributed by atoms with Crippen molar-refractivity contribution in [3.05, 3.63) is 12.3 Å². The molecule has 1 aromatic heterocycles. The number of aliphatic carboxylic acids is 2. The maximum Gasteiger partial charge on any atom is 0.321 e. The average molecular weight is 277 g/mol. The number of rotatable bonds is 7. The second kappa shape index (κ2) is 5.60. The standard InChI is InChI=1S/C8H11N3O6S/c12-7(13)2-1-5(8(14)15)11-18(16,17)6-3-4-9-10-6/h3-5,11H,1-2H2,(H,9,10)(H,12,13)(H,14,15)/t5-/m0/s1. The van der Waals surface area contributed by atoms with Crippen LogP contribution in [0.15, 0.2) is 17.3 Å². The zero-order valence-electron chi connectivity index (χ0n) is 9.03. The van der Waals surface area contributed by atoms with Gasteiger partial charge in [0.1, 0.15) is 6.04 Å². The molecular formula is C8H11N3O6S. The number of H-pyrrole nitrogens is 1. The van der Waals surface area contributed by atoms with Crippen molar-refractivity contribution >= 4 is 22.0 Å². The Kier molecular flexibility index (Phi) is 4.39. The van der Waals surface area contributed by atoms with E-state index in [1.54, 1.807) is 0 Å². The number of nitrogens with one attached hydrogen (secondary N) is 2. The molecule has 1 heterocycles. The van der Waals surface area contributed by atoms with Crippen LogP contribution < -0.4 is 4.72 Å². The molecule has 0 aromatic carbocycles. The van der Waals surface area contributed by atoms with Gasteiger partial charge in [0.05, 0.1) is 6.20 Å². The third kappa shape index (κ3) is 3.82. The van der Waals surface area contributed by atoms with Crippen molar-refractivity contribution in [3.63, 3.8) is 0 Å². The van der Waals surface area contributed by atoms with Crippen LogP contribution in [0.4, 0.5) is 0 Å². The van der Waals surface area contributed by atoms with Crippen LogP contribution in [0.25, 0.3) is 0 Å². The monoisotopic (exact) mass is 277 g/mol. The Morgan fingerprint density at radius 1 is 1.44 bits per heavy atom. The Bertz CT molecular complexity index is 523. The highest BCUT2D eigenvalue weighted by molar-refractivity contribution is 7.89. The summed E-state index contributed by atoms with van der Waals surface area (Å²) >= 11 is 0. The molecule has 4 N–H and O–H groups in total. The number of carbonyl (C=O) groups is 2. The molecule has 1 atom stereocenters. The first-order chi connectivity index (χ1) is 8.33. The van der Waals surface area contributed by atoms with E-state index < -0.39 is 34.4 Å². The van der Waals surface area contributed by atoms with Crippen LogP contribution in [-0.2, 0) is 19.6 Å². The number of hydrogen-bond donors (Lipinski definition) is 4. The van der Waals surface area contributed by atoms with Crippen molar-refractivity contribution in [2.75, 3.05) is 0 Å². The fourth-order valence-corrected chi connectivity index (χ4v) is 2.28. The van der Waals surface area contributed by atoms with E-state index in [4.69, 9.17) is 10.2 Å². The average Bonchev–Trinajstić information content (AvgIpc) is 2.77. The largest absolute Gasteiger partial charge is 0.481 e. The number of aromatic nitrogens is 2. The van der Waals surface area contributed by atoms with E-state index in [0.717, 1.165) is 6.07 Å². The van der Waals surface area contributed by atoms with Crippen LogP contribution in [-0.4, -0.2) is 46.8 Å². The fourth-order valence-electron chi connectivity index (χ4n) is 1.14. The summed E-state index contributed by atoms with van der Waals surface area (Å²) in [5.74, 6) is -2.65. The molecule has 18 heavy (non-hydrogen) atoms. The van der Waals surface area contributed by atoms with Crippen molar-refractivity contribution in [1.82, 2.24) is 14.9 Å². The van der Waals surface area contributed by atoms with Crippen LogP contribution in [0.2, 0.25) is 0 Å². The second-order valence-electron chi connectivity index (χ2n) is 3.37. The molecule has 1 aromatic rings. The SMILES string of the molecule is O=C(O)CC[C@H](NS(=O)(=O)c1ccn[nH]1)C(=O)O. The zero-order chi connectivity index (χ0) is 13.8. The van der Waals surface area contributed by atoms with Gasteiger partial charge in [0.15, 0.2) is 5.03 Å². The molecule has 0 fully saturated rings. The molecule has 100 valence electrons. The smallest absolute Gasteiger partial charge is 0.321 e. The minimum Gasteiger partial charge on any atom is -0.481 e. The Labute approximate surface area is 102 Å². The summed E-state index contributed by atoms with van der Waals surface area (Å²) in [6.45, 7) is 0. The topological polar surface area (TPSA) is 149 Å². The second-order valence-corrected chi connectivity index (χ2v) is 5.05. The first-order valence-corrected chi connectivity index (χ1v) is 6.27. The number of sulfonamides is 1. The van der Waals surface area contributed by atoms with E-state index in [-0.39, 0.29) is 11.4 Å². The Balaban J connectivity index is 2.78. The van der Waals surface area contributed by atoms with E-state index in [2.05, 4.69) is 10.2 Å².